The predicted molar refractivity (Wildman–Crippen MR) is 113 cm³/mol. The second-order valence-corrected chi connectivity index (χ2v) is 6.80. The van der Waals surface area contributed by atoms with E-state index in [1.807, 2.05) is 0 Å². The summed E-state index contributed by atoms with van der Waals surface area (Å²) in [5, 5.41) is 5.21. The van der Waals surface area contributed by atoms with Crippen molar-refractivity contribution in [1.82, 2.24) is 0 Å². The van der Waals surface area contributed by atoms with Gasteiger partial charge >= 0.3 is 0 Å². The van der Waals surface area contributed by atoms with Gasteiger partial charge in [0.2, 0.25) is 0 Å². The lowest BCUT2D eigenvalue weighted by Crippen LogP contribution is -1.87. The summed E-state index contributed by atoms with van der Waals surface area (Å²) >= 11 is 0. The summed E-state index contributed by atoms with van der Waals surface area (Å²) in [6.45, 7) is 0. The van der Waals surface area contributed by atoms with Crippen LogP contribution in [0.2, 0.25) is 0 Å². The van der Waals surface area contributed by atoms with E-state index >= 15 is 0 Å². The topological polar surface area (TPSA) is 0 Å². The fourth-order valence-electron chi connectivity index (χ4n) is 3.78. The molecular weight excluding hydrogens is 312 g/mol. The lowest BCUT2D eigenvalue weighted by Gasteiger charge is -2.17. The SMILES string of the molecule is C1=CC(c2ccc3c(ccc4cc(-c5ccccc5)ccc43)c2)=C[CH-]C1. The van der Waals surface area contributed by atoms with E-state index in [0.717, 1.165) is 6.42 Å². The fourth-order valence-corrected chi connectivity index (χ4v) is 3.78. The smallest absolute Gasteiger partial charge is 0.0105 e. The number of fused-ring (bicyclic) bond motifs is 3. The first-order valence-corrected chi connectivity index (χ1v) is 9.11. The molecule has 0 bridgehead atoms. The standard InChI is InChI=1S/C26H19/c1-3-7-19(8-4-1)21-13-15-25-23(17-21)11-12-24-18-22(14-16-26(24)25)20-9-5-2-6-10-20/h1,3-18H,2H2/q-1. The molecule has 0 saturated heterocycles. The number of benzene rings is 4. The number of rotatable bonds is 2. The monoisotopic (exact) mass is 331 g/mol. The highest BCUT2D eigenvalue weighted by atomic mass is 14.1. The largest absolute Gasteiger partial charge is 0.226 e. The van der Waals surface area contributed by atoms with Crippen LogP contribution in [0.15, 0.2) is 97.1 Å². The summed E-state index contributed by atoms with van der Waals surface area (Å²) in [6, 6.07) is 28.6. The third kappa shape index (κ3) is 2.60. The van der Waals surface area contributed by atoms with Crippen molar-refractivity contribution in [2.24, 2.45) is 0 Å². The molecule has 1 aliphatic carbocycles. The molecule has 0 radical (unpaired) electrons. The summed E-state index contributed by atoms with van der Waals surface area (Å²) in [6.07, 6.45) is 9.89. The predicted octanol–water partition coefficient (Wildman–Crippen LogP) is 7.21. The van der Waals surface area contributed by atoms with Crippen LogP contribution in [0.3, 0.4) is 0 Å². The molecule has 0 fully saturated rings. The highest BCUT2D eigenvalue weighted by molar-refractivity contribution is 6.09. The van der Waals surface area contributed by atoms with Crippen LogP contribution in [0.1, 0.15) is 12.0 Å². The second kappa shape index (κ2) is 6.24. The molecule has 0 saturated carbocycles. The number of hydrogen-bond donors (Lipinski definition) is 0. The second-order valence-electron chi connectivity index (χ2n) is 6.80. The van der Waals surface area contributed by atoms with Gasteiger partial charge in [-0.15, -0.1) is 12.2 Å². The number of allylic oxidation sites excluding steroid dienone is 4. The summed E-state index contributed by atoms with van der Waals surface area (Å²) in [5.41, 5.74) is 5.10. The maximum absolute atomic E-state index is 2.30. The Morgan fingerprint density at radius 2 is 1.31 bits per heavy atom. The van der Waals surface area contributed by atoms with Crippen LogP contribution in [-0.2, 0) is 0 Å². The quantitative estimate of drug-likeness (QED) is 0.269. The van der Waals surface area contributed by atoms with Crippen LogP contribution in [0.5, 0.6) is 0 Å². The maximum atomic E-state index is 2.30. The molecular formula is C26H19-. The number of hydrogen-bond acceptors (Lipinski definition) is 0. The molecule has 4 aromatic rings. The molecule has 26 heavy (non-hydrogen) atoms. The summed E-state index contributed by atoms with van der Waals surface area (Å²) < 4.78 is 0. The highest BCUT2D eigenvalue weighted by Crippen LogP contribution is 2.32. The van der Waals surface area contributed by atoms with Gasteiger partial charge < -0.3 is 0 Å². The van der Waals surface area contributed by atoms with Gasteiger partial charge in [0.15, 0.2) is 0 Å². The van der Waals surface area contributed by atoms with E-state index in [0.29, 0.717) is 0 Å². The molecule has 0 aromatic heterocycles. The molecule has 0 heteroatoms. The Morgan fingerprint density at radius 1 is 0.615 bits per heavy atom. The maximum Gasteiger partial charge on any atom is -0.0105 e. The van der Waals surface area contributed by atoms with Crippen molar-refractivity contribution in [3.8, 4) is 11.1 Å². The van der Waals surface area contributed by atoms with Gasteiger partial charge in [-0.3, -0.25) is 0 Å². The van der Waals surface area contributed by atoms with E-state index in [4.69, 9.17) is 0 Å². The van der Waals surface area contributed by atoms with Crippen molar-refractivity contribution in [3.05, 3.63) is 109 Å². The Kier molecular flexibility index (Phi) is 3.61. The average molecular weight is 331 g/mol. The Bertz CT molecular complexity index is 1160. The lowest BCUT2D eigenvalue weighted by molar-refractivity contribution is 1.27. The Morgan fingerprint density at radius 3 is 2.00 bits per heavy atom. The first kappa shape index (κ1) is 15.0. The van der Waals surface area contributed by atoms with E-state index < -0.39 is 0 Å². The van der Waals surface area contributed by atoms with Crippen molar-refractivity contribution in [2.75, 3.05) is 0 Å². The molecule has 124 valence electrons. The van der Waals surface area contributed by atoms with Gasteiger partial charge in [0.05, 0.1) is 0 Å². The van der Waals surface area contributed by atoms with Crippen molar-refractivity contribution in [2.45, 2.75) is 6.42 Å². The van der Waals surface area contributed by atoms with Crippen LogP contribution in [0, 0.1) is 6.42 Å². The molecule has 0 atom stereocenters. The highest BCUT2D eigenvalue weighted by Gasteiger charge is 2.04. The van der Waals surface area contributed by atoms with Gasteiger partial charge in [0, 0.05) is 0 Å². The molecule has 4 aromatic carbocycles. The Hall–Kier alpha value is -3.25. The summed E-state index contributed by atoms with van der Waals surface area (Å²) in [7, 11) is 0. The average Bonchev–Trinajstić information content (AvgIpc) is 2.74. The van der Waals surface area contributed by atoms with Gasteiger partial charge in [-0.1, -0.05) is 84.8 Å². The summed E-state index contributed by atoms with van der Waals surface area (Å²) in [5.74, 6) is 0. The van der Waals surface area contributed by atoms with Gasteiger partial charge in [0.1, 0.15) is 0 Å². The molecule has 0 heterocycles. The lowest BCUT2D eigenvalue weighted by atomic mass is 9.94. The zero-order chi connectivity index (χ0) is 17.3. The van der Waals surface area contributed by atoms with E-state index in [2.05, 4.69) is 104 Å². The molecule has 0 spiro atoms. The minimum atomic E-state index is 1.03. The summed E-state index contributed by atoms with van der Waals surface area (Å²) in [4.78, 5) is 0. The normalized spacial score (nSPS) is 13.6. The molecule has 1 aliphatic rings. The van der Waals surface area contributed by atoms with E-state index in [-0.39, 0.29) is 0 Å². The van der Waals surface area contributed by atoms with Crippen molar-refractivity contribution < 1.29 is 0 Å². The minimum absolute atomic E-state index is 1.03. The van der Waals surface area contributed by atoms with Gasteiger partial charge in [0.25, 0.3) is 0 Å². The minimum Gasteiger partial charge on any atom is -0.226 e. The van der Waals surface area contributed by atoms with Crippen LogP contribution < -0.4 is 0 Å². The molecule has 5 rings (SSSR count). The van der Waals surface area contributed by atoms with Gasteiger partial charge in [-0.05, 0) is 38.7 Å². The molecule has 0 aliphatic heterocycles. The van der Waals surface area contributed by atoms with Crippen molar-refractivity contribution >= 4 is 27.1 Å². The first-order valence-electron chi connectivity index (χ1n) is 9.11. The molecule has 0 N–H and O–H groups in total. The third-order valence-corrected chi connectivity index (χ3v) is 5.14. The van der Waals surface area contributed by atoms with Crippen LogP contribution in [0.4, 0.5) is 0 Å². The van der Waals surface area contributed by atoms with E-state index in [1.54, 1.807) is 0 Å². The van der Waals surface area contributed by atoms with Crippen molar-refractivity contribution in [3.63, 3.8) is 0 Å². The van der Waals surface area contributed by atoms with Crippen LogP contribution in [0.25, 0.3) is 38.2 Å². The van der Waals surface area contributed by atoms with Crippen LogP contribution in [-0.4, -0.2) is 0 Å². The zero-order valence-corrected chi connectivity index (χ0v) is 14.5. The molecule has 0 amide bonds. The fraction of sp³-hybridized carbons (Fsp3) is 0.0385. The van der Waals surface area contributed by atoms with Gasteiger partial charge in [-0.25, -0.2) is 12.5 Å². The van der Waals surface area contributed by atoms with E-state index in [9.17, 15) is 0 Å². The molecule has 0 nitrogen and oxygen atoms in total. The first-order chi connectivity index (χ1) is 12.9. The van der Waals surface area contributed by atoms with E-state index in [1.165, 1.54) is 43.8 Å². The van der Waals surface area contributed by atoms with Crippen LogP contribution >= 0.6 is 0 Å². The Labute approximate surface area is 154 Å². The molecule has 0 unspecified atom stereocenters. The third-order valence-electron chi connectivity index (χ3n) is 5.14. The van der Waals surface area contributed by atoms with Crippen molar-refractivity contribution in [1.29, 1.82) is 0 Å². The zero-order valence-electron chi connectivity index (χ0n) is 14.5. The Balaban J connectivity index is 1.63. The van der Waals surface area contributed by atoms with Gasteiger partial charge in [-0.2, -0.15) is 5.57 Å².